The van der Waals surface area contributed by atoms with Crippen molar-refractivity contribution in [1.29, 1.82) is 0 Å². The van der Waals surface area contributed by atoms with Crippen molar-refractivity contribution in [3.8, 4) is 22.6 Å². The third-order valence-corrected chi connectivity index (χ3v) is 9.68. The first-order valence-corrected chi connectivity index (χ1v) is 14.9. The standard InChI is InChI=1S/C34H41N3O4/c1-20-16-21(2)27(28(38)17-20)19-37-15-13-26-29(33(37)39)22(3)31-32(30(26)23-8-7-14-35-18-23)41-34(4,40-31)24-9-11-25(12-10-24)36(5)6/h7-8,14,16,18,24-25H,9-13,15,17,19H2,1-6H3/t24?,25?,34-/m0/s1. The number of ketones is 1. The first-order chi connectivity index (χ1) is 19.6. The second kappa shape index (κ2) is 10.4. The minimum absolute atomic E-state index is 0.0558. The fraction of sp³-hybridized carbons (Fsp3) is 0.500. The molecule has 0 radical (unpaired) electrons. The van der Waals surface area contributed by atoms with Gasteiger partial charge < -0.3 is 19.3 Å². The third kappa shape index (κ3) is 4.78. The van der Waals surface area contributed by atoms with Gasteiger partial charge in [-0.2, -0.15) is 0 Å². The van der Waals surface area contributed by atoms with Crippen molar-refractivity contribution in [3.05, 3.63) is 64.0 Å². The molecule has 6 rings (SSSR count). The number of ether oxygens (including phenoxy) is 2. The van der Waals surface area contributed by atoms with Gasteiger partial charge in [-0.3, -0.25) is 14.6 Å². The van der Waals surface area contributed by atoms with Crippen LogP contribution >= 0.6 is 0 Å². The maximum absolute atomic E-state index is 14.2. The number of nitrogens with zero attached hydrogens (tertiary/aromatic N) is 3. The summed E-state index contributed by atoms with van der Waals surface area (Å²) in [6.45, 7) is 8.86. The van der Waals surface area contributed by atoms with Gasteiger partial charge in [0.05, 0.1) is 5.56 Å². The number of hydrogen-bond donors (Lipinski definition) is 0. The summed E-state index contributed by atoms with van der Waals surface area (Å²) in [7, 11) is 4.30. The molecule has 0 bridgehead atoms. The molecule has 1 aromatic carbocycles. The largest absolute Gasteiger partial charge is 0.448 e. The SMILES string of the molecule is CC1=CC(C)=C(CN2CCc3c(c(C)c4c(c3-c3cccnc3)O[C@@](C)(C3CCC(N(C)C)CC3)O4)C2=O)C(=O)C1. The van der Waals surface area contributed by atoms with Crippen LogP contribution in [-0.4, -0.2) is 65.5 Å². The van der Waals surface area contributed by atoms with E-state index in [0.29, 0.717) is 43.3 Å². The summed E-state index contributed by atoms with van der Waals surface area (Å²) >= 11 is 0. The highest BCUT2D eigenvalue weighted by molar-refractivity contribution is 6.04. The van der Waals surface area contributed by atoms with E-state index >= 15 is 0 Å². The number of Topliss-reactive ketones (excluding diaryl/α,β-unsaturated/α-hetero) is 1. The van der Waals surface area contributed by atoms with Crippen molar-refractivity contribution in [1.82, 2.24) is 14.8 Å². The van der Waals surface area contributed by atoms with E-state index in [9.17, 15) is 9.59 Å². The van der Waals surface area contributed by atoms with Gasteiger partial charge in [0.1, 0.15) is 0 Å². The molecule has 216 valence electrons. The Hall–Kier alpha value is -3.45. The quantitative estimate of drug-likeness (QED) is 0.458. The number of carbonyl (C=O) groups excluding carboxylic acids is 2. The van der Waals surface area contributed by atoms with Crippen molar-refractivity contribution >= 4 is 11.7 Å². The fourth-order valence-electron chi connectivity index (χ4n) is 7.32. The Morgan fingerprint density at radius 1 is 1.05 bits per heavy atom. The molecule has 1 amide bonds. The number of aromatic nitrogens is 1. The Morgan fingerprint density at radius 3 is 2.44 bits per heavy atom. The molecule has 4 aliphatic rings. The number of fused-ring (bicyclic) bond motifs is 2. The zero-order valence-corrected chi connectivity index (χ0v) is 25.2. The lowest BCUT2D eigenvalue weighted by atomic mass is 9.81. The number of benzene rings is 1. The van der Waals surface area contributed by atoms with E-state index < -0.39 is 5.79 Å². The van der Waals surface area contributed by atoms with E-state index in [0.717, 1.165) is 70.4 Å². The van der Waals surface area contributed by atoms with Crippen LogP contribution in [0.5, 0.6) is 11.5 Å². The molecular formula is C34H41N3O4. The first kappa shape index (κ1) is 27.7. The van der Waals surface area contributed by atoms with Crippen molar-refractivity contribution in [3.63, 3.8) is 0 Å². The molecule has 0 saturated heterocycles. The molecule has 2 aliphatic carbocycles. The van der Waals surface area contributed by atoms with E-state index in [1.807, 2.05) is 44.0 Å². The molecule has 3 heterocycles. The van der Waals surface area contributed by atoms with E-state index in [-0.39, 0.29) is 17.6 Å². The average Bonchev–Trinajstić information content (AvgIpc) is 3.31. The van der Waals surface area contributed by atoms with Crippen LogP contribution in [0.3, 0.4) is 0 Å². The Morgan fingerprint density at radius 2 is 1.78 bits per heavy atom. The number of rotatable bonds is 5. The van der Waals surface area contributed by atoms with E-state index in [1.165, 1.54) is 0 Å². The van der Waals surface area contributed by atoms with Gasteiger partial charge in [0.15, 0.2) is 17.3 Å². The molecule has 2 aromatic rings. The lowest BCUT2D eigenvalue weighted by Crippen LogP contribution is -2.46. The maximum atomic E-state index is 14.2. The smallest absolute Gasteiger partial charge is 0.254 e. The highest BCUT2D eigenvalue weighted by Gasteiger charge is 2.49. The number of allylic oxidation sites excluding steroid dienone is 3. The highest BCUT2D eigenvalue weighted by Crippen LogP contribution is 2.55. The minimum Gasteiger partial charge on any atom is -0.448 e. The molecule has 0 unspecified atom stereocenters. The lowest BCUT2D eigenvalue weighted by Gasteiger charge is -2.39. The number of carbonyl (C=O) groups is 2. The highest BCUT2D eigenvalue weighted by atomic mass is 16.7. The molecule has 7 heteroatoms. The zero-order chi connectivity index (χ0) is 29.1. The van der Waals surface area contributed by atoms with Gasteiger partial charge in [-0.05, 0) is 84.2 Å². The molecular weight excluding hydrogens is 514 g/mol. The van der Waals surface area contributed by atoms with Gasteiger partial charge in [-0.15, -0.1) is 0 Å². The zero-order valence-electron chi connectivity index (χ0n) is 25.2. The predicted octanol–water partition coefficient (Wildman–Crippen LogP) is 5.90. The van der Waals surface area contributed by atoms with Gasteiger partial charge in [-0.1, -0.05) is 17.7 Å². The summed E-state index contributed by atoms with van der Waals surface area (Å²) in [4.78, 5) is 35.6. The second-order valence-corrected chi connectivity index (χ2v) is 12.7. The van der Waals surface area contributed by atoms with Crippen molar-refractivity contribution in [2.45, 2.75) is 78.0 Å². The Labute approximate surface area is 243 Å². The Bertz CT molecular complexity index is 1470. The molecule has 2 aliphatic heterocycles. The maximum Gasteiger partial charge on any atom is 0.254 e. The first-order valence-electron chi connectivity index (χ1n) is 14.9. The van der Waals surface area contributed by atoms with Gasteiger partial charge in [0.25, 0.3) is 11.7 Å². The predicted molar refractivity (Wildman–Crippen MR) is 159 cm³/mol. The van der Waals surface area contributed by atoms with Crippen LogP contribution in [0.25, 0.3) is 11.1 Å². The Kier molecular flexibility index (Phi) is 7.05. The number of pyridine rings is 1. The van der Waals surface area contributed by atoms with E-state index in [4.69, 9.17) is 9.47 Å². The third-order valence-electron chi connectivity index (χ3n) is 9.68. The van der Waals surface area contributed by atoms with Crippen LogP contribution < -0.4 is 9.47 Å². The van der Waals surface area contributed by atoms with Crippen LogP contribution in [0.2, 0.25) is 0 Å². The van der Waals surface area contributed by atoms with Crippen molar-refractivity contribution < 1.29 is 19.1 Å². The topological polar surface area (TPSA) is 72.0 Å². The van der Waals surface area contributed by atoms with Gasteiger partial charge in [0, 0.05) is 73.1 Å². The fourth-order valence-corrected chi connectivity index (χ4v) is 7.32. The van der Waals surface area contributed by atoms with Crippen LogP contribution in [0.4, 0.5) is 0 Å². The van der Waals surface area contributed by atoms with Crippen LogP contribution in [0, 0.1) is 12.8 Å². The van der Waals surface area contributed by atoms with Crippen LogP contribution in [0.1, 0.15) is 74.4 Å². The summed E-state index contributed by atoms with van der Waals surface area (Å²) in [6, 6.07) is 4.53. The van der Waals surface area contributed by atoms with E-state index in [1.54, 1.807) is 6.20 Å². The van der Waals surface area contributed by atoms with Gasteiger partial charge >= 0.3 is 0 Å². The number of amides is 1. The van der Waals surface area contributed by atoms with Crippen molar-refractivity contribution in [2.24, 2.45) is 5.92 Å². The molecule has 1 aromatic heterocycles. The van der Waals surface area contributed by atoms with E-state index in [2.05, 4.69) is 37.0 Å². The monoisotopic (exact) mass is 555 g/mol. The summed E-state index contributed by atoms with van der Waals surface area (Å²) < 4.78 is 13.6. The summed E-state index contributed by atoms with van der Waals surface area (Å²) in [5.41, 5.74) is 7.06. The minimum atomic E-state index is -0.797. The lowest BCUT2D eigenvalue weighted by molar-refractivity contribution is -0.123. The van der Waals surface area contributed by atoms with Crippen LogP contribution in [0.15, 0.2) is 47.3 Å². The molecule has 1 atom stereocenters. The van der Waals surface area contributed by atoms with Gasteiger partial charge in [0.2, 0.25) is 0 Å². The molecule has 0 spiro atoms. The molecule has 41 heavy (non-hydrogen) atoms. The average molecular weight is 556 g/mol. The summed E-state index contributed by atoms with van der Waals surface area (Å²) in [5.74, 6) is 0.903. The van der Waals surface area contributed by atoms with Crippen molar-refractivity contribution in [2.75, 3.05) is 27.2 Å². The summed E-state index contributed by atoms with van der Waals surface area (Å²) in [6.07, 6.45) is 11.0. The van der Waals surface area contributed by atoms with Crippen LogP contribution in [-0.2, 0) is 11.2 Å². The molecule has 0 N–H and O–H groups in total. The number of hydrogen-bond acceptors (Lipinski definition) is 6. The molecule has 1 fully saturated rings. The summed E-state index contributed by atoms with van der Waals surface area (Å²) in [5, 5.41) is 0. The molecule has 7 nitrogen and oxygen atoms in total. The Balaban J connectivity index is 1.39. The second-order valence-electron chi connectivity index (χ2n) is 12.7. The van der Waals surface area contributed by atoms with Gasteiger partial charge in [-0.25, -0.2) is 0 Å². The normalized spacial score (nSPS) is 26.0. The molecule has 1 saturated carbocycles.